The lowest BCUT2D eigenvalue weighted by molar-refractivity contribution is 0.240. The standard InChI is InChI=1S/C18H17Br2N5O2/c1-10(2)27-17-11(6-13(19)7-15(17)20)5-12(8-21)16-14(9-22)18(23)25(24-16)3-4-26/h5-7,10,26H,3-4,23H2,1-2H3/b12-5+. The van der Waals surface area contributed by atoms with Crippen molar-refractivity contribution in [3.05, 3.63) is 37.9 Å². The van der Waals surface area contributed by atoms with Crippen LogP contribution in [-0.4, -0.2) is 27.6 Å². The molecule has 0 saturated carbocycles. The van der Waals surface area contributed by atoms with E-state index < -0.39 is 0 Å². The van der Waals surface area contributed by atoms with Crippen LogP contribution in [-0.2, 0) is 6.54 Å². The molecular weight excluding hydrogens is 478 g/mol. The number of nitrogens with two attached hydrogens (primary N) is 1. The zero-order valence-electron chi connectivity index (χ0n) is 14.7. The molecule has 0 aliphatic heterocycles. The Hall–Kier alpha value is -2.33. The van der Waals surface area contributed by atoms with Crippen molar-refractivity contribution in [1.82, 2.24) is 9.78 Å². The van der Waals surface area contributed by atoms with E-state index in [-0.39, 0.29) is 41.9 Å². The van der Waals surface area contributed by atoms with Gasteiger partial charge in [0.15, 0.2) is 0 Å². The van der Waals surface area contributed by atoms with Crippen LogP contribution in [0.4, 0.5) is 5.82 Å². The zero-order chi connectivity index (χ0) is 20.1. The van der Waals surface area contributed by atoms with E-state index in [1.807, 2.05) is 26.0 Å². The Bertz CT molecular complexity index is 968. The van der Waals surface area contributed by atoms with Crippen LogP contribution in [0.25, 0.3) is 11.6 Å². The van der Waals surface area contributed by atoms with Crippen LogP contribution in [0.2, 0.25) is 0 Å². The first kappa shape index (κ1) is 21.0. The maximum atomic E-state index is 9.67. The monoisotopic (exact) mass is 493 g/mol. The molecule has 7 nitrogen and oxygen atoms in total. The lowest BCUT2D eigenvalue weighted by Crippen LogP contribution is -2.08. The number of aromatic nitrogens is 2. The molecule has 27 heavy (non-hydrogen) atoms. The van der Waals surface area contributed by atoms with Crippen molar-refractivity contribution < 1.29 is 9.84 Å². The van der Waals surface area contributed by atoms with Gasteiger partial charge in [0.1, 0.15) is 35.0 Å². The molecule has 140 valence electrons. The zero-order valence-corrected chi connectivity index (χ0v) is 17.9. The van der Waals surface area contributed by atoms with Gasteiger partial charge in [-0.2, -0.15) is 15.6 Å². The minimum absolute atomic E-state index is 0.0748. The number of halogens is 2. The van der Waals surface area contributed by atoms with Gasteiger partial charge in [0, 0.05) is 10.0 Å². The number of hydrogen-bond donors (Lipinski definition) is 2. The molecule has 0 aliphatic carbocycles. The van der Waals surface area contributed by atoms with Crippen LogP contribution in [0, 0.1) is 22.7 Å². The second kappa shape index (κ2) is 9.05. The molecule has 0 spiro atoms. The Morgan fingerprint density at radius 2 is 2.11 bits per heavy atom. The highest BCUT2D eigenvalue weighted by Gasteiger charge is 2.20. The normalized spacial score (nSPS) is 11.3. The molecule has 0 unspecified atom stereocenters. The number of aliphatic hydroxyl groups is 1. The van der Waals surface area contributed by atoms with Crippen molar-refractivity contribution in [2.24, 2.45) is 0 Å². The maximum absolute atomic E-state index is 9.67. The SMILES string of the molecule is CC(C)Oc1c(Br)cc(Br)cc1/C=C(\C#N)c1nn(CCO)c(N)c1C#N. The van der Waals surface area contributed by atoms with E-state index in [1.54, 1.807) is 12.1 Å². The van der Waals surface area contributed by atoms with Gasteiger partial charge < -0.3 is 15.6 Å². The molecule has 1 aromatic carbocycles. The molecule has 0 aliphatic rings. The fraction of sp³-hybridized carbons (Fsp3) is 0.278. The molecule has 0 atom stereocenters. The first-order valence-corrected chi connectivity index (χ1v) is 9.56. The van der Waals surface area contributed by atoms with Crippen LogP contribution < -0.4 is 10.5 Å². The third-order valence-electron chi connectivity index (χ3n) is 3.48. The molecule has 2 aromatic rings. The minimum atomic E-state index is -0.188. The Labute approximate surface area is 173 Å². The molecule has 1 heterocycles. The van der Waals surface area contributed by atoms with Crippen molar-refractivity contribution >= 4 is 49.3 Å². The van der Waals surface area contributed by atoms with Crippen molar-refractivity contribution in [3.8, 4) is 17.9 Å². The van der Waals surface area contributed by atoms with Gasteiger partial charge in [0.05, 0.1) is 29.3 Å². The van der Waals surface area contributed by atoms with Gasteiger partial charge in [-0.05, 0) is 48.0 Å². The predicted molar refractivity (Wildman–Crippen MR) is 110 cm³/mol. The summed E-state index contributed by atoms with van der Waals surface area (Å²) in [6.45, 7) is 3.74. The van der Waals surface area contributed by atoms with Crippen LogP contribution in [0.1, 0.15) is 30.7 Å². The summed E-state index contributed by atoms with van der Waals surface area (Å²) < 4.78 is 8.69. The second-order valence-electron chi connectivity index (χ2n) is 5.81. The highest BCUT2D eigenvalue weighted by molar-refractivity contribution is 9.11. The number of anilines is 1. The number of aliphatic hydroxyl groups excluding tert-OH is 1. The third-order valence-corrected chi connectivity index (χ3v) is 4.53. The summed E-state index contributed by atoms with van der Waals surface area (Å²) >= 11 is 6.90. The molecule has 0 bridgehead atoms. The number of benzene rings is 1. The van der Waals surface area contributed by atoms with E-state index in [0.29, 0.717) is 11.3 Å². The largest absolute Gasteiger partial charge is 0.489 e. The topological polar surface area (TPSA) is 121 Å². The number of ether oxygens (including phenoxy) is 1. The molecule has 3 N–H and O–H groups in total. The van der Waals surface area contributed by atoms with Gasteiger partial charge in [-0.1, -0.05) is 15.9 Å². The molecule has 9 heteroatoms. The minimum Gasteiger partial charge on any atom is -0.489 e. The van der Waals surface area contributed by atoms with Crippen molar-refractivity contribution in [1.29, 1.82) is 10.5 Å². The van der Waals surface area contributed by atoms with E-state index in [4.69, 9.17) is 15.6 Å². The summed E-state index contributed by atoms with van der Waals surface area (Å²) in [7, 11) is 0. The number of rotatable bonds is 6. The summed E-state index contributed by atoms with van der Waals surface area (Å²) in [4.78, 5) is 0. The van der Waals surface area contributed by atoms with Gasteiger partial charge in [0.25, 0.3) is 0 Å². The van der Waals surface area contributed by atoms with Crippen molar-refractivity contribution in [2.45, 2.75) is 26.5 Å². The molecular formula is C18H17Br2N5O2. The Morgan fingerprint density at radius 1 is 1.41 bits per heavy atom. The maximum Gasteiger partial charge on any atom is 0.141 e. The molecule has 0 fully saturated rings. The average molecular weight is 495 g/mol. The second-order valence-corrected chi connectivity index (χ2v) is 7.58. The Morgan fingerprint density at radius 3 is 2.67 bits per heavy atom. The molecule has 0 radical (unpaired) electrons. The lowest BCUT2D eigenvalue weighted by Gasteiger charge is -2.15. The first-order valence-electron chi connectivity index (χ1n) is 7.97. The number of nitrogen functional groups attached to an aromatic ring is 1. The van der Waals surface area contributed by atoms with E-state index in [9.17, 15) is 10.5 Å². The van der Waals surface area contributed by atoms with Crippen molar-refractivity contribution in [3.63, 3.8) is 0 Å². The fourth-order valence-corrected chi connectivity index (χ4v) is 3.75. The number of allylic oxidation sites excluding steroid dienone is 1. The Kier molecular flexibility index (Phi) is 7.03. The van der Waals surface area contributed by atoms with Crippen LogP contribution >= 0.6 is 31.9 Å². The van der Waals surface area contributed by atoms with Gasteiger partial charge in [-0.25, -0.2) is 4.68 Å². The highest BCUT2D eigenvalue weighted by Crippen LogP contribution is 2.36. The summed E-state index contributed by atoms with van der Waals surface area (Å²) in [5, 5.41) is 32.5. The molecule has 2 rings (SSSR count). The molecule has 1 aromatic heterocycles. The Balaban J connectivity index is 2.67. The number of hydrogen-bond acceptors (Lipinski definition) is 6. The summed E-state index contributed by atoms with van der Waals surface area (Å²) in [5.41, 5.74) is 6.98. The van der Waals surface area contributed by atoms with E-state index >= 15 is 0 Å². The van der Waals surface area contributed by atoms with E-state index in [2.05, 4.69) is 43.0 Å². The summed E-state index contributed by atoms with van der Waals surface area (Å²) in [5.74, 6) is 0.680. The van der Waals surface area contributed by atoms with Crippen LogP contribution in [0.15, 0.2) is 21.1 Å². The summed E-state index contributed by atoms with van der Waals surface area (Å²) in [6, 6.07) is 7.70. The third kappa shape index (κ3) is 4.69. The van der Waals surface area contributed by atoms with Gasteiger partial charge in [0.2, 0.25) is 0 Å². The highest BCUT2D eigenvalue weighted by atomic mass is 79.9. The molecule has 0 saturated heterocycles. The van der Waals surface area contributed by atoms with E-state index in [0.717, 1.165) is 8.95 Å². The van der Waals surface area contributed by atoms with E-state index in [1.165, 1.54) is 4.68 Å². The predicted octanol–water partition coefficient (Wildman–Crippen LogP) is 3.71. The van der Waals surface area contributed by atoms with Crippen molar-refractivity contribution in [2.75, 3.05) is 12.3 Å². The van der Waals surface area contributed by atoms with Gasteiger partial charge in [-0.3, -0.25) is 0 Å². The van der Waals surface area contributed by atoms with Crippen LogP contribution in [0.3, 0.4) is 0 Å². The molecule has 0 amide bonds. The lowest BCUT2D eigenvalue weighted by atomic mass is 10.1. The summed E-state index contributed by atoms with van der Waals surface area (Å²) in [6.07, 6.45) is 1.52. The fourth-order valence-electron chi connectivity index (χ4n) is 2.40. The van der Waals surface area contributed by atoms with Gasteiger partial charge >= 0.3 is 0 Å². The number of nitrogens with zero attached hydrogens (tertiary/aromatic N) is 4. The number of nitriles is 2. The first-order chi connectivity index (χ1) is 12.8. The quantitative estimate of drug-likeness (QED) is 0.590. The smallest absolute Gasteiger partial charge is 0.141 e. The van der Waals surface area contributed by atoms with Crippen LogP contribution in [0.5, 0.6) is 5.75 Å². The average Bonchev–Trinajstić information content (AvgIpc) is 2.91. The van der Waals surface area contributed by atoms with Gasteiger partial charge in [-0.15, -0.1) is 0 Å².